The van der Waals surface area contributed by atoms with E-state index >= 15 is 0 Å². The minimum Gasteiger partial charge on any atom is -0.464 e. The summed E-state index contributed by atoms with van der Waals surface area (Å²) in [4.78, 5) is 16.4. The molecule has 1 unspecified atom stereocenters. The predicted octanol–water partition coefficient (Wildman–Crippen LogP) is 2.96. The van der Waals surface area contributed by atoms with Gasteiger partial charge in [0.15, 0.2) is 0 Å². The fourth-order valence-corrected chi connectivity index (χ4v) is 4.22. The van der Waals surface area contributed by atoms with Gasteiger partial charge in [-0.05, 0) is 38.1 Å². The molecular formula is C17H18N2O4. The van der Waals surface area contributed by atoms with Gasteiger partial charge in [0, 0.05) is 18.5 Å². The van der Waals surface area contributed by atoms with E-state index in [1.165, 1.54) is 0 Å². The minimum atomic E-state index is -0.370. The van der Waals surface area contributed by atoms with Gasteiger partial charge in [-0.25, -0.2) is 9.69 Å². The minimum absolute atomic E-state index is 0.306. The van der Waals surface area contributed by atoms with Crippen LogP contribution in [-0.4, -0.2) is 42.8 Å². The first-order valence-corrected chi connectivity index (χ1v) is 8.09. The van der Waals surface area contributed by atoms with Crippen molar-refractivity contribution in [1.82, 2.24) is 4.90 Å². The van der Waals surface area contributed by atoms with Gasteiger partial charge in [-0.3, -0.25) is 4.90 Å². The van der Waals surface area contributed by atoms with Gasteiger partial charge in [-0.1, -0.05) is 0 Å². The number of amides is 1. The first-order valence-electron chi connectivity index (χ1n) is 8.09. The first kappa shape index (κ1) is 13.2. The summed E-state index contributed by atoms with van der Waals surface area (Å²) >= 11 is 0. The lowest BCUT2D eigenvalue weighted by Crippen LogP contribution is -2.61. The molecule has 2 bridgehead atoms. The lowest BCUT2D eigenvalue weighted by atomic mass is 9.75. The second kappa shape index (κ2) is 4.64. The molecule has 1 atom stereocenters. The van der Waals surface area contributed by atoms with Gasteiger partial charge in [-0.15, -0.1) is 0 Å². The van der Waals surface area contributed by atoms with Crippen LogP contribution in [0.2, 0.25) is 0 Å². The molecule has 4 aliphatic heterocycles. The summed E-state index contributed by atoms with van der Waals surface area (Å²) in [5.74, 6) is 1.71. The van der Waals surface area contributed by atoms with Crippen LogP contribution in [0.15, 0.2) is 39.6 Å². The van der Waals surface area contributed by atoms with E-state index in [-0.39, 0.29) is 11.7 Å². The van der Waals surface area contributed by atoms with Crippen molar-refractivity contribution in [2.45, 2.75) is 18.4 Å². The van der Waals surface area contributed by atoms with Crippen LogP contribution in [-0.2, 0) is 4.74 Å². The highest BCUT2D eigenvalue weighted by Gasteiger charge is 2.56. The zero-order chi connectivity index (χ0) is 15.4. The Hall–Kier alpha value is -2.21. The molecule has 0 aliphatic carbocycles. The topological polar surface area (TPSA) is 59.1 Å². The van der Waals surface area contributed by atoms with Gasteiger partial charge in [0.2, 0.25) is 5.88 Å². The summed E-state index contributed by atoms with van der Waals surface area (Å²) in [6.07, 6.45) is 5.14. The van der Waals surface area contributed by atoms with E-state index in [0.717, 1.165) is 43.8 Å². The summed E-state index contributed by atoms with van der Waals surface area (Å²) in [7, 11) is 0. The number of ether oxygens (including phenoxy) is 1. The molecule has 6 rings (SSSR count). The average molecular weight is 314 g/mol. The van der Waals surface area contributed by atoms with Crippen molar-refractivity contribution in [3.05, 3.63) is 30.7 Å². The SMILES string of the molecule is O=C1OC2(CN3CCC2CC3)CN1c1cc(-c2ccco2)co1. The molecule has 4 aliphatic rings. The van der Waals surface area contributed by atoms with Crippen molar-refractivity contribution >= 4 is 12.0 Å². The van der Waals surface area contributed by atoms with Gasteiger partial charge in [-0.2, -0.15) is 0 Å². The molecule has 6 heterocycles. The Kier molecular flexibility index (Phi) is 2.68. The summed E-state index contributed by atoms with van der Waals surface area (Å²) < 4.78 is 16.8. The third kappa shape index (κ3) is 1.94. The van der Waals surface area contributed by atoms with Crippen molar-refractivity contribution in [2.75, 3.05) is 31.1 Å². The average Bonchev–Trinajstić information content (AvgIpc) is 3.28. The number of anilines is 1. The van der Waals surface area contributed by atoms with E-state index in [9.17, 15) is 4.79 Å². The van der Waals surface area contributed by atoms with Crippen molar-refractivity contribution in [1.29, 1.82) is 0 Å². The smallest absolute Gasteiger partial charge is 0.417 e. The van der Waals surface area contributed by atoms with Gasteiger partial charge in [0.25, 0.3) is 0 Å². The highest BCUT2D eigenvalue weighted by Crippen LogP contribution is 2.43. The Morgan fingerprint density at radius 2 is 2.04 bits per heavy atom. The number of hydrogen-bond acceptors (Lipinski definition) is 5. The van der Waals surface area contributed by atoms with Crippen LogP contribution in [0.4, 0.5) is 10.7 Å². The number of piperidine rings is 3. The van der Waals surface area contributed by atoms with Gasteiger partial charge < -0.3 is 13.6 Å². The molecular weight excluding hydrogens is 296 g/mol. The molecule has 2 aromatic heterocycles. The molecule has 1 spiro atoms. The lowest BCUT2D eigenvalue weighted by Gasteiger charge is -2.49. The Morgan fingerprint density at radius 1 is 1.17 bits per heavy atom. The molecule has 0 aromatic carbocycles. The maximum Gasteiger partial charge on any atom is 0.417 e. The molecule has 6 nitrogen and oxygen atoms in total. The molecule has 0 radical (unpaired) electrons. The number of furan rings is 2. The van der Waals surface area contributed by atoms with E-state index in [1.807, 2.05) is 18.2 Å². The second-order valence-electron chi connectivity index (χ2n) is 6.72. The van der Waals surface area contributed by atoms with Crippen LogP contribution in [0.3, 0.4) is 0 Å². The third-order valence-corrected chi connectivity index (χ3v) is 5.42. The number of nitrogens with zero attached hydrogens (tertiary/aromatic N) is 2. The molecule has 6 heteroatoms. The zero-order valence-electron chi connectivity index (χ0n) is 12.7. The highest BCUT2D eigenvalue weighted by atomic mass is 16.6. The lowest BCUT2D eigenvalue weighted by molar-refractivity contribution is -0.0881. The van der Waals surface area contributed by atoms with Crippen molar-refractivity contribution in [3.63, 3.8) is 0 Å². The Balaban J connectivity index is 1.43. The fraction of sp³-hybridized carbons (Fsp3) is 0.471. The predicted molar refractivity (Wildman–Crippen MR) is 82.1 cm³/mol. The van der Waals surface area contributed by atoms with Crippen LogP contribution in [0.5, 0.6) is 0 Å². The molecule has 120 valence electrons. The van der Waals surface area contributed by atoms with Crippen molar-refractivity contribution < 1.29 is 18.4 Å². The number of carbonyl (C=O) groups is 1. The summed E-state index contributed by atoms with van der Waals surface area (Å²) in [6.45, 7) is 3.64. The van der Waals surface area contributed by atoms with Crippen LogP contribution in [0.1, 0.15) is 12.8 Å². The maximum atomic E-state index is 12.4. The highest BCUT2D eigenvalue weighted by molar-refractivity contribution is 5.89. The molecule has 23 heavy (non-hydrogen) atoms. The van der Waals surface area contributed by atoms with Crippen molar-refractivity contribution in [3.8, 4) is 11.3 Å². The number of fused-ring (bicyclic) bond motifs is 2. The molecule has 0 saturated carbocycles. The zero-order valence-corrected chi connectivity index (χ0v) is 12.7. The first-order chi connectivity index (χ1) is 11.2. The number of rotatable bonds is 2. The molecule has 1 amide bonds. The summed E-state index contributed by atoms with van der Waals surface area (Å²) in [5.41, 5.74) is 0.457. The van der Waals surface area contributed by atoms with E-state index in [4.69, 9.17) is 13.6 Å². The molecule has 4 fully saturated rings. The second-order valence-corrected chi connectivity index (χ2v) is 6.72. The number of carbonyl (C=O) groups excluding carboxylic acids is 1. The largest absolute Gasteiger partial charge is 0.464 e. The van der Waals surface area contributed by atoms with Crippen LogP contribution in [0.25, 0.3) is 11.3 Å². The van der Waals surface area contributed by atoms with Gasteiger partial charge in [0.05, 0.1) is 18.4 Å². The van der Waals surface area contributed by atoms with E-state index in [1.54, 1.807) is 17.4 Å². The quantitative estimate of drug-likeness (QED) is 0.853. The monoisotopic (exact) mass is 314 g/mol. The number of hydrogen-bond donors (Lipinski definition) is 0. The standard InChI is InChI=1S/C17H18N2O4/c20-16-19(15-8-12(9-22-15)14-2-1-7-21-14)11-17(23-16)10-18-5-3-13(17)4-6-18/h1-2,7-9,13H,3-6,10-11H2. The summed E-state index contributed by atoms with van der Waals surface area (Å²) in [6, 6.07) is 5.53. The van der Waals surface area contributed by atoms with Crippen LogP contribution >= 0.6 is 0 Å². The van der Waals surface area contributed by atoms with E-state index in [0.29, 0.717) is 18.3 Å². The normalized spacial score (nSPS) is 32.7. The molecule has 2 aromatic rings. The van der Waals surface area contributed by atoms with Gasteiger partial charge in [0.1, 0.15) is 17.6 Å². The van der Waals surface area contributed by atoms with E-state index in [2.05, 4.69) is 4.90 Å². The maximum absolute atomic E-state index is 12.4. The molecule has 4 saturated heterocycles. The Bertz CT molecular complexity index is 730. The van der Waals surface area contributed by atoms with E-state index < -0.39 is 0 Å². The fourth-order valence-electron chi connectivity index (χ4n) is 4.22. The van der Waals surface area contributed by atoms with Gasteiger partial charge >= 0.3 is 6.09 Å². The summed E-state index contributed by atoms with van der Waals surface area (Å²) in [5, 5.41) is 0. The Labute approximate surface area is 133 Å². The van der Waals surface area contributed by atoms with Crippen molar-refractivity contribution in [2.24, 2.45) is 5.92 Å². The Morgan fingerprint density at radius 3 is 2.74 bits per heavy atom. The van der Waals surface area contributed by atoms with Crippen LogP contribution < -0.4 is 4.90 Å². The molecule has 0 N–H and O–H groups in total. The van der Waals surface area contributed by atoms with Crippen LogP contribution in [0, 0.1) is 5.92 Å². The third-order valence-electron chi connectivity index (χ3n) is 5.42.